The Hall–Kier alpha value is -2.93. The van der Waals surface area contributed by atoms with Gasteiger partial charge < -0.3 is 0 Å². The van der Waals surface area contributed by atoms with Crippen LogP contribution in [0.4, 0.5) is 5.69 Å². The number of nitro groups is 1. The van der Waals surface area contributed by atoms with Gasteiger partial charge in [-0.1, -0.05) is 66.4 Å². The molecule has 0 spiro atoms. The average Bonchev–Trinajstić information content (AvgIpc) is 3.04. The summed E-state index contributed by atoms with van der Waals surface area (Å²) in [5.41, 5.74) is 1.74. The number of para-hydroxylation sites is 1. The summed E-state index contributed by atoms with van der Waals surface area (Å²) in [6.07, 6.45) is 1.78. The summed E-state index contributed by atoms with van der Waals surface area (Å²) in [6.45, 7) is 4.36. The smallest absolute Gasteiger partial charge is 0.273 e. The number of nitrogens with zero attached hydrogens (tertiary/aromatic N) is 4. The fourth-order valence-corrected chi connectivity index (χ4v) is 3.39. The molecule has 0 aliphatic rings. The fourth-order valence-electron chi connectivity index (χ4n) is 2.44. The molecule has 25 heavy (non-hydrogen) atoms. The maximum atomic E-state index is 11.1. The fraction of sp³-hybridized carbons (Fsp3) is 0.111. The molecule has 3 aromatic rings. The highest BCUT2D eigenvalue weighted by Crippen LogP contribution is 2.29. The molecule has 0 bridgehead atoms. The lowest BCUT2D eigenvalue weighted by Gasteiger charge is -2.08. The first-order valence-electron chi connectivity index (χ1n) is 7.65. The Morgan fingerprint density at radius 2 is 1.84 bits per heavy atom. The maximum absolute atomic E-state index is 11.1. The largest absolute Gasteiger partial charge is 0.298 e. The molecule has 0 saturated heterocycles. The number of benzene rings is 2. The van der Waals surface area contributed by atoms with Gasteiger partial charge in [0.25, 0.3) is 5.69 Å². The highest BCUT2D eigenvalue weighted by molar-refractivity contribution is 7.98. The Labute approximate surface area is 149 Å². The third kappa shape index (κ3) is 3.77. The zero-order valence-electron chi connectivity index (χ0n) is 13.4. The van der Waals surface area contributed by atoms with Crippen LogP contribution < -0.4 is 0 Å². The zero-order chi connectivity index (χ0) is 17.6. The topological polar surface area (TPSA) is 73.8 Å². The van der Waals surface area contributed by atoms with Crippen molar-refractivity contribution in [1.29, 1.82) is 0 Å². The van der Waals surface area contributed by atoms with Crippen molar-refractivity contribution in [3.8, 4) is 11.4 Å². The number of nitro benzene ring substituents is 1. The third-order valence-electron chi connectivity index (χ3n) is 3.61. The van der Waals surface area contributed by atoms with E-state index in [1.54, 1.807) is 24.3 Å². The average molecular weight is 352 g/mol. The van der Waals surface area contributed by atoms with Gasteiger partial charge in [-0.3, -0.25) is 14.7 Å². The number of aromatic nitrogens is 3. The molecule has 0 saturated carbocycles. The minimum Gasteiger partial charge on any atom is -0.298 e. The van der Waals surface area contributed by atoms with Gasteiger partial charge in [0.1, 0.15) is 0 Å². The number of allylic oxidation sites excluding steroid dienone is 1. The van der Waals surface area contributed by atoms with Crippen molar-refractivity contribution in [3.05, 3.63) is 82.9 Å². The van der Waals surface area contributed by atoms with Crippen molar-refractivity contribution in [2.75, 3.05) is 0 Å². The molecule has 3 rings (SSSR count). The van der Waals surface area contributed by atoms with E-state index in [4.69, 9.17) is 0 Å². The molecule has 0 N–H and O–H groups in total. The minimum atomic E-state index is -0.361. The molecular formula is C18H16N4O2S. The van der Waals surface area contributed by atoms with Gasteiger partial charge in [-0.2, -0.15) is 0 Å². The van der Waals surface area contributed by atoms with Crippen molar-refractivity contribution in [1.82, 2.24) is 14.8 Å². The maximum Gasteiger partial charge on any atom is 0.273 e. The summed E-state index contributed by atoms with van der Waals surface area (Å²) in [6, 6.07) is 16.5. The summed E-state index contributed by atoms with van der Waals surface area (Å²) in [5.74, 6) is 1.20. The molecule has 0 amide bonds. The Bertz CT molecular complexity index is 893. The Kier molecular flexibility index (Phi) is 5.25. The van der Waals surface area contributed by atoms with Crippen LogP contribution in [0, 0.1) is 10.1 Å². The number of thioether (sulfide) groups is 1. The molecule has 1 aromatic heterocycles. The van der Waals surface area contributed by atoms with Crippen LogP contribution in [0.5, 0.6) is 0 Å². The minimum absolute atomic E-state index is 0.119. The highest BCUT2D eigenvalue weighted by atomic mass is 32.2. The van der Waals surface area contributed by atoms with Crippen molar-refractivity contribution in [2.24, 2.45) is 0 Å². The van der Waals surface area contributed by atoms with Crippen molar-refractivity contribution in [3.63, 3.8) is 0 Å². The lowest BCUT2D eigenvalue weighted by Crippen LogP contribution is -2.01. The van der Waals surface area contributed by atoms with E-state index in [1.165, 1.54) is 17.8 Å². The lowest BCUT2D eigenvalue weighted by molar-refractivity contribution is -0.385. The van der Waals surface area contributed by atoms with E-state index in [2.05, 4.69) is 16.8 Å². The summed E-state index contributed by atoms with van der Waals surface area (Å²) in [4.78, 5) is 10.8. The first kappa shape index (κ1) is 16.9. The van der Waals surface area contributed by atoms with Crippen LogP contribution >= 0.6 is 11.8 Å². The van der Waals surface area contributed by atoms with Crippen LogP contribution in [0.1, 0.15) is 5.56 Å². The predicted octanol–water partition coefficient (Wildman–Crippen LogP) is 4.33. The van der Waals surface area contributed by atoms with E-state index in [0.29, 0.717) is 23.0 Å². The molecule has 0 unspecified atom stereocenters. The van der Waals surface area contributed by atoms with Crippen LogP contribution in [0.3, 0.4) is 0 Å². The summed E-state index contributed by atoms with van der Waals surface area (Å²) in [7, 11) is 0. The summed E-state index contributed by atoms with van der Waals surface area (Å²) in [5, 5.41) is 20.4. The van der Waals surface area contributed by atoms with E-state index in [1.807, 2.05) is 34.9 Å². The van der Waals surface area contributed by atoms with Gasteiger partial charge in [-0.05, 0) is 0 Å². The standard InChI is InChI=1S/C18H16N4O2S/c1-2-12-21-17(14-8-4-3-5-9-14)19-20-18(21)25-13-15-10-6-7-11-16(15)22(23)24/h2-11H,1,12-13H2. The van der Waals surface area contributed by atoms with E-state index in [-0.39, 0.29) is 10.6 Å². The van der Waals surface area contributed by atoms with Crippen molar-refractivity contribution < 1.29 is 4.92 Å². The Balaban J connectivity index is 1.88. The lowest BCUT2D eigenvalue weighted by atomic mass is 10.2. The van der Waals surface area contributed by atoms with Gasteiger partial charge in [0, 0.05) is 29.5 Å². The monoisotopic (exact) mass is 352 g/mol. The second-order valence-corrected chi connectivity index (χ2v) is 6.19. The normalized spacial score (nSPS) is 10.6. The molecule has 0 atom stereocenters. The van der Waals surface area contributed by atoms with E-state index >= 15 is 0 Å². The number of hydrogen-bond donors (Lipinski definition) is 0. The molecule has 0 aliphatic carbocycles. The number of rotatable bonds is 7. The molecular weight excluding hydrogens is 336 g/mol. The van der Waals surface area contributed by atoms with Crippen molar-refractivity contribution in [2.45, 2.75) is 17.5 Å². The van der Waals surface area contributed by atoms with Gasteiger partial charge >= 0.3 is 0 Å². The highest BCUT2D eigenvalue weighted by Gasteiger charge is 2.16. The summed E-state index contributed by atoms with van der Waals surface area (Å²) < 4.78 is 1.96. The van der Waals surface area contributed by atoms with E-state index in [9.17, 15) is 10.1 Å². The van der Waals surface area contributed by atoms with Gasteiger partial charge in [-0.15, -0.1) is 16.8 Å². The third-order valence-corrected chi connectivity index (χ3v) is 4.62. The Morgan fingerprint density at radius 1 is 1.12 bits per heavy atom. The first-order valence-corrected chi connectivity index (χ1v) is 8.64. The van der Waals surface area contributed by atoms with Crippen molar-refractivity contribution >= 4 is 17.4 Å². The second kappa shape index (κ2) is 7.76. The van der Waals surface area contributed by atoms with E-state index in [0.717, 1.165) is 11.4 Å². The molecule has 6 nitrogen and oxygen atoms in total. The summed E-state index contributed by atoms with van der Waals surface area (Å²) >= 11 is 1.42. The second-order valence-electron chi connectivity index (χ2n) is 5.25. The first-order chi connectivity index (χ1) is 12.2. The van der Waals surface area contributed by atoms with Crippen LogP contribution in [0.15, 0.2) is 72.4 Å². The van der Waals surface area contributed by atoms with E-state index < -0.39 is 0 Å². The van der Waals surface area contributed by atoms with Gasteiger partial charge in [0.05, 0.1) is 4.92 Å². The van der Waals surface area contributed by atoms with Gasteiger partial charge in [0.2, 0.25) is 0 Å². The molecule has 0 aliphatic heterocycles. The molecule has 0 fully saturated rings. The quantitative estimate of drug-likeness (QED) is 0.274. The van der Waals surface area contributed by atoms with Gasteiger partial charge in [-0.25, -0.2) is 0 Å². The molecule has 0 radical (unpaired) electrons. The molecule has 7 heteroatoms. The molecule has 2 aromatic carbocycles. The van der Waals surface area contributed by atoms with Crippen LogP contribution in [0.2, 0.25) is 0 Å². The Morgan fingerprint density at radius 3 is 2.56 bits per heavy atom. The van der Waals surface area contributed by atoms with Gasteiger partial charge in [0.15, 0.2) is 11.0 Å². The molecule has 1 heterocycles. The van der Waals surface area contributed by atoms with Crippen LogP contribution in [-0.4, -0.2) is 19.7 Å². The molecule has 126 valence electrons. The van der Waals surface area contributed by atoms with Crippen LogP contribution in [0.25, 0.3) is 11.4 Å². The number of hydrogen-bond acceptors (Lipinski definition) is 5. The SMILES string of the molecule is C=CCn1c(SCc2ccccc2[N+](=O)[O-])nnc1-c1ccccc1. The predicted molar refractivity (Wildman–Crippen MR) is 98.3 cm³/mol. The zero-order valence-corrected chi connectivity index (χ0v) is 14.2. The van der Waals surface area contributed by atoms with Crippen LogP contribution in [-0.2, 0) is 12.3 Å².